The van der Waals surface area contributed by atoms with Gasteiger partial charge in [-0.2, -0.15) is 18.2 Å². The van der Waals surface area contributed by atoms with Crippen molar-refractivity contribution in [2.24, 2.45) is 0 Å². The first-order valence-electron chi connectivity index (χ1n) is 11.7. The second-order valence-electron chi connectivity index (χ2n) is 8.78. The van der Waals surface area contributed by atoms with Crippen molar-refractivity contribution in [3.05, 3.63) is 71.9 Å². The summed E-state index contributed by atoms with van der Waals surface area (Å²) in [6, 6.07) is 13.5. The Labute approximate surface area is 226 Å². The van der Waals surface area contributed by atoms with Crippen molar-refractivity contribution in [1.29, 1.82) is 0 Å². The summed E-state index contributed by atoms with van der Waals surface area (Å²) >= 11 is 0. The summed E-state index contributed by atoms with van der Waals surface area (Å²) in [5.41, 5.74) is 2.01. The Morgan fingerprint density at radius 2 is 1.70 bits per heavy atom. The Bertz CT molecular complexity index is 1690. The number of rotatable bonds is 9. The van der Waals surface area contributed by atoms with E-state index in [1.54, 1.807) is 30.5 Å². The zero-order valence-electron chi connectivity index (χ0n) is 20.9. The highest BCUT2D eigenvalue weighted by Gasteiger charge is 2.28. The van der Waals surface area contributed by atoms with Crippen LogP contribution in [0.1, 0.15) is 20.7 Å². The number of carbonyl (C=O) groups excluding carboxylic acids is 2. The lowest BCUT2D eigenvalue weighted by atomic mass is 10.0. The van der Waals surface area contributed by atoms with E-state index in [1.807, 2.05) is 5.32 Å². The first-order valence-corrected chi connectivity index (χ1v) is 13.7. The van der Waals surface area contributed by atoms with Crippen molar-refractivity contribution in [3.63, 3.8) is 0 Å². The number of nitrogens with zero attached hydrogens (tertiary/aromatic N) is 3. The van der Waals surface area contributed by atoms with Gasteiger partial charge in [0.1, 0.15) is 22.1 Å². The minimum Gasteiger partial charge on any atom is -0.506 e. The van der Waals surface area contributed by atoms with Crippen LogP contribution >= 0.6 is 0 Å². The Morgan fingerprint density at radius 3 is 2.40 bits per heavy atom. The predicted molar refractivity (Wildman–Crippen MR) is 140 cm³/mol. The number of fused-ring (bicyclic) bond motifs is 1. The monoisotopic (exact) mass is 576 g/mol. The molecule has 0 bridgehead atoms. The molecule has 0 spiro atoms. The summed E-state index contributed by atoms with van der Waals surface area (Å²) in [4.78, 5) is 28.7. The van der Waals surface area contributed by atoms with Crippen LogP contribution in [0.25, 0.3) is 16.8 Å². The number of alkyl halides is 3. The highest BCUT2D eigenvalue weighted by Crippen LogP contribution is 2.27. The molecule has 2 heterocycles. The Morgan fingerprint density at radius 1 is 0.975 bits per heavy atom. The van der Waals surface area contributed by atoms with E-state index >= 15 is 0 Å². The lowest BCUT2D eigenvalue weighted by Gasteiger charge is -2.09. The lowest BCUT2D eigenvalue weighted by molar-refractivity contribution is -0.123. The van der Waals surface area contributed by atoms with E-state index in [4.69, 9.17) is 0 Å². The number of carbonyl (C=O) groups is 2. The molecule has 0 saturated heterocycles. The third-order valence-electron chi connectivity index (χ3n) is 5.50. The quantitative estimate of drug-likeness (QED) is 0.222. The van der Waals surface area contributed by atoms with Gasteiger partial charge in [0.15, 0.2) is 5.65 Å². The van der Waals surface area contributed by atoms with Crippen molar-refractivity contribution in [1.82, 2.24) is 25.2 Å². The van der Waals surface area contributed by atoms with E-state index in [0.717, 1.165) is 6.26 Å². The highest BCUT2D eigenvalue weighted by molar-refractivity contribution is 7.90. The summed E-state index contributed by atoms with van der Waals surface area (Å²) in [6.07, 6.45) is -1.85. The summed E-state index contributed by atoms with van der Waals surface area (Å²) in [5.74, 6) is -1.77. The molecule has 0 saturated carbocycles. The third kappa shape index (κ3) is 7.47. The number of phenolic OH excluding ortho intramolecular Hbond substituents is 1. The molecule has 0 unspecified atom stereocenters. The molecule has 4 N–H and O–H groups in total. The number of sulfone groups is 1. The smallest absolute Gasteiger partial charge is 0.405 e. The van der Waals surface area contributed by atoms with Crippen LogP contribution in [0.15, 0.2) is 60.8 Å². The molecule has 210 valence electrons. The van der Waals surface area contributed by atoms with Gasteiger partial charge in [-0.15, -0.1) is 5.10 Å². The van der Waals surface area contributed by atoms with Gasteiger partial charge in [-0.25, -0.2) is 12.9 Å². The zero-order valence-corrected chi connectivity index (χ0v) is 21.7. The molecule has 2 aromatic carbocycles. The average molecular weight is 577 g/mol. The van der Waals surface area contributed by atoms with Crippen LogP contribution in [0.4, 0.5) is 24.8 Å². The molecule has 40 heavy (non-hydrogen) atoms. The van der Waals surface area contributed by atoms with Gasteiger partial charge in [0.25, 0.3) is 11.8 Å². The molecular formula is C25H23F3N6O5S. The van der Waals surface area contributed by atoms with Crippen molar-refractivity contribution < 1.29 is 36.3 Å². The number of hydrogen-bond acceptors (Lipinski definition) is 8. The molecule has 4 aromatic rings. The van der Waals surface area contributed by atoms with Crippen molar-refractivity contribution in [2.75, 3.05) is 30.4 Å². The summed E-state index contributed by atoms with van der Waals surface area (Å²) in [5, 5.41) is 21.8. The van der Waals surface area contributed by atoms with E-state index in [2.05, 4.69) is 20.7 Å². The van der Waals surface area contributed by atoms with Crippen LogP contribution < -0.4 is 16.0 Å². The largest absolute Gasteiger partial charge is 0.506 e. The molecule has 0 atom stereocenters. The van der Waals surface area contributed by atoms with E-state index in [1.165, 1.54) is 34.8 Å². The van der Waals surface area contributed by atoms with Gasteiger partial charge in [0.2, 0.25) is 5.95 Å². The number of benzene rings is 2. The average Bonchev–Trinajstić information content (AvgIpc) is 3.29. The van der Waals surface area contributed by atoms with Crippen molar-refractivity contribution in [3.8, 4) is 16.9 Å². The molecule has 2 amide bonds. The standard InChI is InChI=1S/C25H23F3N6O5S/c1-40(38,39)10-9-29-22(36)17-5-7-19(20(35)12-17)31-24-32-21-8-6-18(13-34(21)33-24)15-3-2-4-16(11-15)23(37)30-14-25(26,27)28/h2-8,11-13,35H,9-10,14H2,1H3,(H,29,36)(H,30,37)(H,31,33). The Kier molecular flexibility index (Phi) is 7.95. The summed E-state index contributed by atoms with van der Waals surface area (Å²) in [6.45, 7) is -1.51. The van der Waals surface area contributed by atoms with E-state index in [9.17, 15) is 36.3 Å². The van der Waals surface area contributed by atoms with Crippen LogP contribution in [-0.2, 0) is 9.84 Å². The fraction of sp³-hybridized carbons (Fsp3) is 0.200. The number of pyridine rings is 1. The second-order valence-corrected chi connectivity index (χ2v) is 11.0. The predicted octanol–water partition coefficient (Wildman–Crippen LogP) is 2.91. The highest BCUT2D eigenvalue weighted by atomic mass is 32.2. The molecular weight excluding hydrogens is 553 g/mol. The number of nitrogens with one attached hydrogen (secondary N) is 3. The van der Waals surface area contributed by atoms with Crippen LogP contribution in [0, 0.1) is 0 Å². The van der Waals surface area contributed by atoms with Gasteiger partial charge in [-0.05, 0) is 48.0 Å². The first kappa shape index (κ1) is 28.4. The zero-order chi connectivity index (χ0) is 29.1. The molecule has 11 nitrogen and oxygen atoms in total. The molecule has 0 radical (unpaired) electrons. The number of anilines is 2. The number of amides is 2. The maximum atomic E-state index is 12.4. The molecule has 15 heteroatoms. The van der Waals surface area contributed by atoms with E-state index in [-0.39, 0.29) is 40.8 Å². The fourth-order valence-electron chi connectivity index (χ4n) is 3.58. The van der Waals surface area contributed by atoms with E-state index in [0.29, 0.717) is 16.8 Å². The fourth-order valence-corrected chi connectivity index (χ4v) is 4.05. The van der Waals surface area contributed by atoms with Crippen molar-refractivity contribution in [2.45, 2.75) is 6.18 Å². The first-order chi connectivity index (χ1) is 18.8. The molecule has 0 aliphatic rings. The van der Waals surface area contributed by atoms with Crippen LogP contribution in [0.2, 0.25) is 0 Å². The van der Waals surface area contributed by atoms with Crippen LogP contribution in [0.5, 0.6) is 5.75 Å². The minimum atomic E-state index is -4.52. The van der Waals surface area contributed by atoms with E-state index < -0.39 is 34.4 Å². The Hall–Kier alpha value is -4.66. The summed E-state index contributed by atoms with van der Waals surface area (Å²) in [7, 11) is -3.23. The lowest BCUT2D eigenvalue weighted by Crippen LogP contribution is -2.33. The van der Waals surface area contributed by atoms with Crippen molar-refractivity contribution >= 4 is 38.9 Å². The normalized spacial score (nSPS) is 11.8. The molecule has 0 aliphatic heterocycles. The van der Waals surface area contributed by atoms with Gasteiger partial charge >= 0.3 is 6.18 Å². The third-order valence-corrected chi connectivity index (χ3v) is 6.45. The number of hydrogen-bond donors (Lipinski definition) is 4. The Balaban J connectivity index is 1.47. The number of aromatic hydroxyl groups is 1. The maximum Gasteiger partial charge on any atom is 0.405 e. The minimum absolute atomic E-state index is 0.0609. The van der Waals surface area contributed by atoms with Gasteiger partial charge in [0, 0.05) is 35.7 Å². The molecule has 0 aliphatic carbocycles. The second kappa shape index (κ2) is 11.2. The topological polar surface area (TPSA) is 155 Å². The maximum absolute atomic E-state index is 12.4. The molecule has 4 rings (SSSR count). The van der Waals surface area contributed by atoms with Gasteiger partial charge in [-0.1, -0.05) is 12.1 Å². The SMILES string of the molecule is CS(=O)(=O)CCNC(=O)c1ccc(Nc2nc3ccc(-c4cccc(C(=O)NCC(F)(F)F)c4)cn3n2)c(O)c1. The molecule has 2 aromatic heterocycles. The van der Waals surface area contributed by atoms with Crippen LogP contribution in [-0.4, -0.2) is 71.2 Å². The van der Waals surface area contributed by atoms with Crippen LogP contribution in [0.3, 0.4) is 0 Å². The van der Waals surface area contributed by atoms with Gasteiger partial charge in [-0.3, -0.25) is 9.59 Å². The number of halogens is 3. The summed E-state index contributed by atoms with van der Waals surface area (Å²) < 4.78 is 61.1. The molecule has 0 fully saturated rings. The number of aromatic nitrogens is 3. The van der Waals surface area contributed by atoms with Gasteiger partial charge in [0.05, 0.1) is 11.4 Å². The number of phenols is 1. The van der Waals surface area contributed by atoms with Gasteiger partial charge < -0.3 is 21.1 Å².